The topological polar surface area (TPSA) is 21.3 Å². The summed E-state index contributed by atoms with van der Waals surface area (Å²) in [4.78, 5) is 0. The van der Waals surface area contributed by atoms with Crippen LogP contribution in [0.25, 0.3) is 0 Å². The second-order valence-electron chi connectivity index (χ2n) is 5.15. The van der Waals surface area contributed by atoms with Crippen molar-refractivity contribution in [1.29, 1.82) is 0 Å². The first-order valence-electron chi connectivity index (χ1n) is 7.40. The molecule has 19 heavy (non-hydrogen) atoms. The van der Waals surface area contributed by atoms with Crippen LogP contribution in [0.3, 0.4) is 0 Å². The molecule has 0 aromatic heterocycles. The van der Waals surface area contributed by atoms with Gasteiger partial charge in [-0.3, -0.25) is 4.39 Å². The zero-order chi connectivity index (χ0) is 13.5. The van der Waals surface area contributed by atoms with Crippen molar-refractivity contribution in [2.45, 2.75) is 45.1 Å². The van der Waals surface area contributed by atoms with Crippen LogP contribution in [0.4, 0.5) is 4.39 Å². The fourth-order valence-electron chi connectivity index (χ4n) is 2.64. The maximum Gasteiger partial charge on any atom is 0.119 e. The predicted molar refractivity (Wildman–Crippen MR) is 76.5 cm³/mol. The van der Waals surface area contributed by atoms with Gasteiger partial charge in [0, 0.05) is 12.5 Å². The van der Waals surface area contributed by atoms with Gasteiger partial charge in [-0.1, -0.05) is 13.0 Å². The van der Waals surface area contributed by atoms with Gasteiger partial charge in [-0.25, -0.2) is 0 Å². The van der Waals surface area contributed by atoms with Crippen molar-refractivity contribution in [3.63, 3.8) is 0 Å². The molecule has 2 rings (SSSR count). The molecular formula is C16H24FNO. The van der Waals surface area contributed by atoms with E-state index in [1.807, 2.05) is 6.07 Å². The Morgan fingerprint density at radius 3 is 3.11 bits per heavy atom. The highest BCUT2D eigenvalue weighted by molar-refractivity contribution is 5.39. The monoisotopic (exact) mass is 265 g/mol. The Bertz CT molecular complexity index is 394. The normalized spacial score (nSPS) is 18.1. The van der Waals surface area contributed by atoms with Gasteiger partial charge in [0.2, 0.25) is 0 Å². The molecule has 0 fully saturated rings. The van der Waals surface area contributed by atoms with Crippen LogP contribution in [-0.2, 0) is 6.42 Å². The van der Waals surface area contributed by atoms with Gasteiger partial charge in [0.1, 0.15) is 5.75 Å². The Morgan fingerprint density at radius 1 is 1.42 bits per heavy atom. The average Bonchev–Trinajstić information content (AvgIpc) is 2.45. The first-order chi connectivity index (χ1) is 9.35. The lowest BCUT2D eigenvalue weighted by atomic mass is 9.87. The summed E-state index contributed by atoms with van der Waals surface area (Å²) < 4.78 is 17.7. The van der Waals surface area contributed by atoms with E-state index in [-0.39, 0.29) is 6.67 Å². The molecule has 0 bridgehead atoms. The summed E-state index contributed by atoms with van der Waals surface area (Å²) in [6, 6.07) is 6.77. The smallest absolute Gasteiger partial charge is 0.119 e. The molecule has 1 aromatic carbocycles. The zero-order valence-corrected chi connectivity index (χ0v) is 11.8. The van der Waals surface area contributed by atoms with E-state index in [4.69, 9.17) is 4.74 Å². The van der Waals surface area contributed by atoms with Gasteiger partial charge in [0.05, 0.1) is 13.3 Å². The zero-order valence-electron chi connectivity index (χ0n) is 11.8. The molecule has 1 aromatic rings. The Labute approximate surface area is 115 Å². The molecule has 0 spiro atoms. The van der Waals surface area contributed by atoms with Gasteiger partial charge < -0.3 is 10.1 Å². The van der Waals surface area contributed by atoms with E-state index in [2.05, 4.69) is 24.4 Å². The van der Waals surface area contributed by atoms with Crippen molar-refractivity contribution in [3.8, 4) is 5.75 Å². The number of nitrogens with one attached hydrogen (secondary N) is 1. The van der Waals surface area contributed by atoms with Crippen molar-refractivity contribution in [2.24, 2.45) is 0 Å². The molecule has 3 heteroatoms. The molecule has 2 nitrogen and oxygen atoms in total. The fourth-order valence-corrected chi connectivity index (χ4v) is 2.64. The highest BCUT2D eigenvalue weighted by Gasteiger charge is 2.19. The Kier molecular flexibility index (Phi) is 5.64. The minimum atomic E-state index is -0.314. The van der Waals surface area contributed by atoms with Gasteiger partial charge in [-0.05, 0) is 55.5 Å². The highest BCUT2D eigenvalue weighted by Crippen LogP contribution is 2.32. The van der Waals surface area contributed by atoms with E-state index in [0.717, 1.165) is 25.1 Å². The third kappa shape index (κ3) is 3.93. The van der Waals surface area contributed by atoms with E-state index in [9.17, 15) is 4.39 Å². The number of hydrogen-bond acceptors (Lipinski definition) is 2. The van der Waals surface area contributed by atoms with E-state index < -0.39 is 0 Å². The summed E-state index contributed by atoms with van der Waals surface area (Å²) >= 11 is 0. The quantitative estimate of drug-likeness (QED) is 0.757. The number of fused-ring (bicyclic) bond motifs is 1. The van der Waals surface area contributed by atoms with Gasteiger partial charge in [0.25, 0.3) is 0 Å². The lowest BCUT2D eigenvalue weighted by Gasteiger charge is -2.27. The van der Waals surface area contributed by atoms with Crippen molar-refractivity contribution in [1.82, 2.24) is 5.32 Å². The van der Waals surface area contributed by atoms with Crippen LogP contribution in [0, 0.1) is 0 Å². The molecule has 1 aliphatic rings. The average molecular weight is 265 g/mol. The van der Waals surface area contributed by atoms with Crippen LogP contribution >= 0.6 is 0 Å². The largest absolute Gasteiger partial charge is 0.493 e. The molecular weight excluding hydrogens is 241 g/mol. The van der Waals surface area contributed by atoms with E-state index >= 15 is 0 Å². The van der Waals surface area contributed by atoms with Crippen LogP contribution in [0.5, 0.6) is 5.75 Å². The number of alkyl halides is 1. The van der Waals surface area contributed by atoms with Crippen molar-refractivity contribution in [3.05, 3.63) is 29.3 Å². The lowest BCUT2D eigenvalue weighted by Crippen LogP contribution is -2.25. The number of aryl methyl sites for hydroxylation is 1. The SMILES string of the molecule is CCCNC1CCCc2ccc(OCCCF)cc21. The van der Waals surface area contributed by atoms with Crippen LogP contribution in [0.15, 0.2) is 18.2 Å². The molecule has 0 aliphatic heterocycles. The van der Waals surface area contributed by atoms with Crippen molar-refractivity contribution >= 4 is 0 Å². The summed E-state index contributed by atoms with van der Waals surface area (Å²) in [6.45, 7) is 3.39. The minimum Gasteiger partial charge on any atom is -0.493 e. The van der Waals surface area contributed by atoms with E-state index in [0.29, 0.717) is 19.1 Å². The summed E-state index contributed by atoms with van der Waals surface area (Å²) in [5.41, 5.74) is 2.80. The molecule has 1 N–H and O–H groups in total. The summed E-state index contributed by atoms with van der Waals surface area (Å²) in [5, 5.41) is 3.61. The van der Waals surface area contributed by atoms with Crippen LogP contribution in [0.1, 0.15) is 49.8 Å². The summed E-state index contributed by atoms with van der Waals surface area (Å²) in [5.74, 6) is 0.873. The molecule has 0 heterocycles. The van der Waals surface area contributed by atoms with Crippen molar-refractivity contribution < 1.29 is 9.13 Å². The lowest BCUT2D eigenvalue weighted by molar-refractivity contribution is 0.288. The molecule has 106 valence electrons. The fraction of sp³-hybridized carbons (Fsp3) is 0.625. The van der Waals surface area contributed by atoms with Crippen LogP contribution in [0.2, 0.25) is 0 Å². The molecule has 1 atom stereocenters. The third-order valence-electron chi connectivity index (χ3n) is 3.62. The van der Waals surface area contributed by atoms with Crippen LogP contribution in [-0.4, -0.2) is 19.8 Å². The molecule has 0 amide bonds. The molecule has 0 radical (unpaired) electrons. The Hall–Kier alpha value is -1.09. The molecule has 1 aliphatic carbocycles. The van der Waals surface area contributed by atoms with Crippen molar-refractivity contribution in [2.75, 3.05) is 19.8 Å². The predicted octanol–water partition coefficient (Wildman–Crippen LogP) is 3.80. The highest BCUT2D eigenvalue weighted by atomic mass is 19.1. The molecule has 0 saturated carbocycles. The van der Waals surface area contributed by atoms with E-state index in [1.165, 1.54) is 24.0 Å². The summed E-state index contributed by atoms with van der Waals surface area (Å²) in [7, 11) is 0. The number of halogens is 1. The number of ether oxygens (including phenoxy) is 1. The first kappa shape index (κ1) is 14.3. The number of rotatable bonds is 7. The third-order valence-corrected chi connectivity index (χ3v) is 3.62. The second-order valence-corrected chi connectivity index (χ2v) is 5.15. The number of hydrogen-bond donors (Lipinski definition) is 1. The van der Waals surface area contributed by atoms with Gasteiger partial charge in [-0.2, -0.15) is 0 Å². The maximum atomic E-state index is 12.1. The minimum absolute atomic E-state index is 0.314. The molecule has 0 saturated heterocycles. The molecule has 1 unspecified atom stereocenters. The first-order valence-corrected chi connectivity index (χ1v) is 7.40. The Balaban J connectivity index is 2.06. The second kappa shape index (κ2) is 7.49. The van der Waals surface area contributed by atoms with Gasteiger partial charge in [0.15, 0.2) is 0 Å². The van der Waals surface area contributed by atoms with E-state index in [1.54, 1.807) is 0 Å². The summed E-state index contributed by atoms with van der Waals surface area (Å²) in [6.07, 6.45) is 5.22. The van der Waals surface area contributed by atoms with Gasteiger partial charge in [-0.15, -0.1) is 0 Å². The van der Waals surface area contributed by atoms with Gasteiger partial charge >= 0.3 is 0 Å². The van der Waals surface area contributed by atoms with Crippen LogP contribution < -0.4 is 10.1 Å². The number of benzene rings is 1. The maximum absolute atomic E-state index is 12.1. The standard InChI is InChI=1S/C16H24FNO/c1-2-10-18-16-6-3-5-13-7-8-14(12-15(13)16)19-11-4-9-17/h7-8,12,16,18H,2-6,9-11H2,1H3. The Morgan fingerprint density at radius 2 is 2.32 bits per heavy atom.